The first-order valence-corrected chi connectivity index (χ1v) is 9.74. The first-order valence-electron chi connectivity index (χ1n) is 9.74. The summed E-state index contributed by atoms with van der Waals surface area (Å²) < 4.78 is 46.7. The van der Waals surface area contributed by atoms with Crippen molar-refractivity contribution in [3.05, 3.63) is 47.9 Å². The molecule has 0 unspecified atom stereocenters. The first kappa shape index (κ1) is 21.6. The van der Waals surface area contributed by atoms with E-state index < -0.39 is 17.8 Å². The van der Waals surface area contributed by atoms with Gasteiger partial charge in [0.15, 0.2) is 5.69 Å². The van der Waals surface area contributed by atoms with Crippen molar-refractivity contribution in [1.29, 1.82) is 0 Å². The number of ether oxygens (including phenoxy) is 1. The molecule has 1 fully saturated rings. The predicted octanol–water partition coefficient (Wildman–Crippen LogP) is 2.95. The summed E-state index contributed by atoms with van der Waals surface area (Å²) in [5, 5.41) is 9.41. The number of hydrogen-bond donors (Lipinski definition) is 3. The second-order valence-electron chi connectivity index (χ2n) is 7.23. The van der Waals surface area contributed by atoms with Crippen LogP contribution < -0.4 is 16.0 Å². The Labute approximate surface area is 180 Å². The van der Waals surface area contributed by atoms with E-state index >= 15 is 0 Å². The average molecular weight is 447 g/mol. The van der Waals surface area contributed by atoms with Gasteiger partial charge in [0.25, 0.3) is 5.91 Å². The molecule has 0 bridgehead atoms. The van der Waals surface area contributed by atoms with Crippen molar-refractivity contribution in [2.45, 2.75) is 19.1 Å². The minimum atomic E-state index is -4.74. The summed E-state index contributed by atoms with van der Waals surface area (Å²) in [4.78, 5) is 22.4. The molecule has 0 spiro atoms. The number of amides is 1. The molecule has 3 aromatic rings. The number of nitrogens with two attached hydrogens (primary N) is 1. The van der Waals surface area contributed by atoms with Gasteiger partial charge in [-0.15, -0.1) is 0 Å². The lowest BCUT2D eigenvalue weighted by molar-refractivity contribution is -0.140. The highest BCUT2D eigenvalue weighted by Gasteiger charge is 2.37. The van der Waals surface area contributed by atoms with Crippen LogP contribution >= 0.6 is 0 Å². The number of halogens is 3. The molecule has 9 nitrogen and oxygen atoms in total. The molecule has 32 heavy (non-hydrogen) atoms. The van der Waals surface area contributed by atoms with E-state index in [1.54, 1.807) is 6.07 Å². The zero-order valence-corrected chi connectivity index (χ0v) is 17.0. The minimum Gasteiger partial charge on any atom is -0.377 e. The molecule has 1 atom stereocenters. The number of carbonyl (C=O) groups excluding carboxylic acids is 1. The number of aromatic nitrogens is 4. The number of nitrogens with zero attached hydrogens (tertiary/aromatic N) is 4. The topological polar surface area (TPSA) is 122 Å². The zero-order valence-electron chi connectivity index (χ0n) is 17.0. The molecule has 12 heteroatoms. The van der Waals surface area contributed by atoms with Crippen LogP contribution in [-0.4, -0.2) is 51.9 Å². The number of hydrogen-bond acceptors (Lipinski definition) is 7. The monoisotopic (exact) mass is 447 g/mol. The van der Waals surface area contributed by atoms with Gasteiger partial charge in [0, 0.05) is 29.9 Å². The van der Waals surface area contributed by atoms with Gasteiger partial charge < -0.3 is 20.7 Å². The molecule has 0 radical (unpaired) electrons. The van der Waals surface area contributed by atoms with Crippen molar-refractivity contribution >= 4 is 23.4 Å². The molecule has 4 N–H and O–H groups in total. The number of aromatic amines is 1. The normalized spacial score (nSPS) is 16.8. The van der Waals surface area contributed by atoms with Gasteiger partial charge in [0.1, 0.15) is 17.5 Å². The van der Waals surface area contributed by atoms with Gasteiger partial charge in [-0.2, -0.15) is 18.3 Å². The summed E-state index contributed by atoms with van der Waals surface area (Å²) in [6.07, 6.45) is -2.21. The van der Waals surface area contributed by atoms with Gasteiger partial charge in [0.2, 0.25) is 0 Å². The molecular weight excluding hydrogens is 427 g/mol. The number of carbonyl (C=O) groups is 1. The third kappa shape index (κ3) is 4.21. The third-order valence-corrected chi connectivity index (χ3v) is 5.03. The molecule has 1 aliphatic rings. The molecule has 3 aromatic heterocycles. The Kier molecular flexibility index (Phi) is 5.70. The number of primary amides is 1. The molecular formula is C20H20F3N7O2. The van der Waals surface area contributed by atoms with E-state index in [4.69, 9.17) is 10.5 Å². The molecule has 0 aliphatic carbocycles. The van der Waals surface area contributed by atoms with Crippen LogP contribution in [0.3, 0.4) is 0 Å². The molecule has 4 heterocycles. The Morgan fingerprint density at radius 1 is 1.31 bits per heavy atom. The number of anilines is 3. The lowest BCUT2D eigenvalue weighted by atomic mass is 9.97. The van der Waals surface area contributed by atoms with Crippen LogP contribution in [0.15, 0.2) is 36.7 Å². The van der Waals surface area contributed by atoms with Crippen molar-refractivity contribution in [1.82, 2.24) is 20.2 Å². The summed E-state index contributed by atoms with van der Waals surface area (Å²) in [5.74, 6) is -0.168. The van der Waals surface area contributed by atoms with Gasteiger partial charge in [-0.05, 0) is 19.1 Å². The molecule has 1 amide bonds. The van der Waals surface area contributed by atoms with Crippen LogP contribution in [0.25, 0.3) is 11.1 Å². The maximum Gasteiger partial charge on any atom is 0.433 e. The Balaban J connectivity index is 1.97. The van der Waals surface area contributed by atoms with E-state index in [9.17, 15) is 18.0 Å². The van der Waals surface area contributed by atoms with Gasteiger partial charge in [-0.1, -0.05) is 6.07 Å². The van der Waals surface area contributed by atoms with E-state index in [0.717, 1.165) is 6.20 Å². The van der Waals surface area contributed by atoms with E-state index in [-0.39, 0.29) is 28.6 Å². The van der Waals surface area contributed by atoms with Crippen LogP contribution in [0.4, 0.5) is 30.6 Å². The standard InChI is InChI=1S/C20H20F3N7O2/c1-11-10-32-8-7-30(11)15-9-13(12-3-2-5-25-17(12)20(21,22)23)16(18(24)31)19(28-15)27-14-4-6-26-29-14/h2-6,9,11H,7-8,10H2,1H3,(H2,24,31)(H2,26,27,28,29)/t11-/m1/s1. The van der Waals surface area contributed by atoms with Crippen LogP contribution in [0.1, 0.15) is 23.0 Å². The SMILES string of the molecule is C[C@@H]1COCCN1c1cc(-c2cccnc2C(F)(F)F)c(C(N)=O)c(Nc2ccn[nH]2)n1. The molecule has 4 rings (SSSR count). The molecule has 168 valence electrons. The maximum atomic E-state index is 13.7. The molecule has 0 aromatic carbocycles. The number of morpholine rings is 1. The van der Waals surface area contributed by atoms with Crippen molar-refractivity contribution < 1.29 is 22.7 Å². The average Bonchev–Trinajstić information content (AvgIpc) is 3.26. The summed E-state index contributed by atoms with van der Waals surface area (Å²) in [6.45, 7) is 3.25. The number of H-pyrrole nitrogens is 1. The highest BCUT2D eigenvalue weighted by molar-refractivity contribution is 6.05. The Morgan fingerprint density at radius 3 is 2.78 bits per heavy atom. The van der Waals surface area contributed by atoms with E-state index in [1.807, 2.05) is 11.8 Å². The van der Waals surface area contributed by atoms with Crippen molar-refractivity contribution in [3.63, 3.8) is 0 Å². The van der Waals surface area contributed by atoms with Crippen LogP contribution in [0.2, 0.25) is 0 Å². The van der Waals surface area contributed by atoms with Gasteiger partial charge in [-0.3, -0.25) is 14.9 Å². The highest BCUT2D eigenvalue weighted by atomic mass is 19.4. The largest absolute Gasteiger partial charge is 0.433 e. The number of alkyl halides is 3. The lowest BCUT2D eigenvalue weighted by Crippen LogP contribution is -2.44. The van der Waals surface area contributed by atoms with E-state index in [2.05, 4.69) is 25.5 Å². The Hall–Kier alpha value is -3.67. The molecule has 1 aliphatic heterocycles. The summed E-state index contributed by atoms with van der Waals surface area (Å²) in [5.41, 5.74) is 4.01. The number of rotatable bonds is 5. The second-order valence-corrected chi connectivity index (χ2v) is 7.23. The number of pyridine rings is 2. The predicted molar refractivity (Wildman–Crippen MR) is 110 cm³/mol. The highest BCUT2D eigenvalue weighted by Crippen LogP contribution is 2.40. The van der Waals surface area contributed by atoms with E-state index in [1.165, 1.54) is 24.4 Å². The lowest BCUT2D eigenvalue weighted by Gasteiger charge is -2.35. The molecule has 1 saturated heterocycles. The summed E-state index contributed by atoms with van der Waals surface area (Å²) in [7, 11) is 0. The third-order valence-electron chi connectivity index (χ3n) is 5.03. The fraction of sp³-hybridized carbons (Fsp3) is 0.300. The first-order chi connectivity index (χ1) is 15.3. The minimum absolute atomic E-state index is 0.00455. The summed E-state index contributed by atoms with van der Waals surface area (Å²) >= 11 is 0. The van der Waals surface area contributed by atoms with Crippen molar-refractivity contribution in [2.75, 3.05) is 30.0 Å². The zero-order chi connectivity index (χ0) is 22.9. The quantitative estimate of drug-likeness (QED) is 0.550. The van der Waals surface area contributed by atoms with Crippen molar-refractivity contribution in [2.24, 2.45) is 5.73 Å². The number of nitrogens with one attached hydrogen (secondary N) is 2. The van der Waals surface area contributed by atoms with Crippen LogP contribution in [0.5, 0.6) is 0 Å². The van der Waals surface area contributed by atoms with Crippen molar-refractivity contribution in [3.8, 4) is 11.1 Å². The summed E-state index contributed by atoms with van der Waals surface area (Å²) in [6, 6.07) is 5.56. The maximum absolute atomic E-state index is 13.7. The van der Waals surface area contributed by atoms with Gasteiger partial charge >= 0.3 is 6.18 Å². The molecule has 0 saturated carbocycles. The van der Waals surface area contributed by atoms with Crippen LogP contribution in [-0.2, 0) is 10.9 Å². The van der Waals surface area contributed by atoms with E-state index in [0.29, 0.717) is 31.4 Å². The second kappa shape index (κ2) is 8.46. The smallest absolute Gasteiger partial charge is 0.377 e. The fourth-order valence-electron chi connectivity index (χ4n) is 3.60. The van der Waals surface area contributed by atoms with Gasteiger partial charge in [0.05, 0.1) is 31.0 Å². The Bertz CT molecular complexity index is 1120. The Morgan fingerprint density at radius 2 is 2.12 bits per heavy atom. The fourth-order valence-corrected chi connectivity index (χ4v) is 3.60. The van der Waals surface area contributed by atoms with Crippen LogP contribution in [0, 0.1) is 0 Å². The van der Waals surface area contributed by atoms with Gasteiger partial charge in [-0.25, -0.2) is 4.98 Å².